The van der Waals surface area contributed by atoms with Gasteiger partial charge < -0.3 is 15.2 Å². The van der Waals surface area contributed by atoms with Crippen LogP contribution in [0.15, 0.2) is 36.4 Å². The van der Waals surface area contributed by atoms with Crippen molar-refractivity contribution in [3.8, 4) is 5.75 Å². The molecule has 1 atom stereocenters. The van der Waals surface area contributed by atoms with Crippen LogP contribution in [0.2, 0.25) is 0 Å². The third-order valence-corrected chi connectivity index (χ3v) is 2.77. The van der Waals surface area contributed by atoms with Crippen LogP contribution in [-0.2, 0) is 4.79 Å². The van der Waals surface area contributed by atoms with Crippen molar-refractivity contribution >= 4 is 11.6 Å². The van der Waals surface area contributed by atoms with Crippen LogP contribution in [0.3, 0.4) is 0 Å². The molecule has 0 aliphatic carbocycles. The van der Waals surface area contributed by atoms with Crippen LogP contribution in [0.25, 0.3) is 0 Å². The fraction of sp³-hybridized carbons (Fsp3) is 0.438. The first kappa shape index (κ1) is 16.2. The molecule has 0 fully saturated rings. The first-order chi connectivity index (χ1) is 9.38. The number of rotatable bonds is 7. The van der Waals surface area contributed by atoms with Gasteiger partial charge in [-0.15, -0.1) is 0 Å². The fourth-order valence-corrected chi connectivity index (χ4v) is 1.51. The summed E-state index contributed by atoms with van der Waals surface area (Å²) in [6.45, 7) is 9.86. The van der Waals surface area contributed by atoms with E-state index in [4.69, 9.17) is 4.74 Å². The Bertz CT molecular complexity index is 469. The molecule has 0 aliphatic rings. The van der Waals surface area contributed by atoms with E-state index in [0.717, 1.165) is 5.57 Å². The summed E-state index contributed by atoms with van der Waals surface area (Å²) in [5, 5.41) is 12.4. The SMILES string of the molecule is C=C(C)COc1cccc(NC(=O)CC(O)C(C)C)c1. The second-order valence-electron chi connectivity index (χ2n) is 5.34. The molecular formula is C16H23NO3. The van der Waals surface area contributed by atoms with Crippen molar-refractivity contribution in [2.75, 3.05) is 11.9 Å². The normalized spacial score (nSPS) is 12.1. The molecule has 0 aromatic heterocycles. The third kappa shape index (κ3) is 5.89. The van der Waals surface area contributed by atoms with Gasteiger partial charge in [0.15, 0.2) is 0 Å². The number of anilines is 1. The first-order valence-corrected chi connectivity index (χ1v) is 6.73. The Balaban J connectivity index is 2.57. The molecule has 1 aromatic rings. The Morgan fingerprint density at radius 1 is 1.45 bits per heavy atom. The summed E-state index contributed by atoms with van der Waals surface area (Å²) < 4.78 is 5.51. The number of amides is 1. The van der Waals surface area contributed by atoms with Crippen LogP contribution in [0.1, 0.15) is 27.2 Å². The predicted octanol–water partition coefficient (Wildman–Crippen LogP) is 2.99. The standard InChI is InChI=1S/C16H23NO3/c1-11(2)10-20-14-7-5-6-13(8-14)17-16(19)9-15(18)12(3)4/h5-8,12,15,18H,1,9-10H2,2-4H3,(H,17,19). The van der Waals surface area contributed by atoms with E-state index < -0.39 is 6.10 Å². The summed E-state index contributed by atoms with van der Waals surface area (Å²) in [5.41, 5.74) is 1.59. The molecule has 0 radical (unpaired) electrons. The maximum Gasteiger partial charge on any atom is 0.226 e. The van der Waals surface area contributed by atoms with Crippen LogP contribution in [0.5, 0.6) is 5.75 Å². The number of nitrogens with one attached hydrogen (secondary N) is 1. The molecule has 1 rings (SSSR count). The topological polar surface area (TPSA) is 58.6 Å². The molecule has 0 bridgehead atoms. The zero-order chi connectivity index (χ0) is 15.1. The molecule has 110 valence electrons. The van der Waals surface area contributed by atoms with Gasteiger partial charge in [0.05, 0.1) is 12.5 Å². The lowest BCUT2D eigenvalue weighted by atomic mass is 10.0. The summed E-state index contributed by atoms with van der Waals surface area (Å²) in [4.78, 5) is 11.8. The van der Waals surface area contributed by atoms with Gasteiger partial charge in [-0.25, -0.2) is 0 Å². The number of benzene rings is 1. The van der Waals surface area contributed by atoms with Gasteiger partial charge in [-0.2, -0.15) is 0 Å². The Morgan fingerprint density at radius 2 is 2.15 bits per heavy atom. The number of ether oxygens (including phenoxy) is 1. The average molecular weight is 277 g/mol. The van der Waals surface area contributed by atoms with E-state index in [1.54, 1.807) is 12.1 Å². The van der Waals surface area contributed by atoms with Gasteiger partial charge in [0.1, 0.15) is 12.4 Å². The largest absolute Gasteiger partial charge is 0.489 e. The highest BCUT2D eigenvalue weighted by molar-refractivity contribution is 5.91. The zero-order valence-corrected chi connectivity index (χ0v) is 12.3. The summed E-state index contributed by atoms with van der Waals surface area (Å²) in [6, 6.07) is 7.17. The molecule has 2 N–H and O–H groups in total. The van der Waals surface area contributed by atoms with Crippen molar-refractivity contribution in [2.45, 2.75) is 33.3 Å². The second-order valence-corrected chi connectivity index (χ2v) is 5.34. The van der Waals surface area contributed by atoms with E-state index in [0.29, 0.717) is 18.0 Å². The fourth-order valence-electron chi connectivity index (χ4n) is 1.51. The van der Waals surface area contributed by atoms with Crippen molar-refractivity contribution in [1.82, 2.24) is 0 Å². The maximum atomic E-state index is 11.8. The van der Waals surface area contributed by atoms with Gasteiger partial charge >= 0.3 is 0 Å². The smallest absolute Gasteiger partial charge is 0.226 e. The molecule has 20 heavy (non-hydrogen) atoms. The average Bonchev–Trinajstić information content (AvgIpc) is 2.36. The van der Waals surface area contributed by atoms with Crippen molar-refractivity contribution in [3.05, 3.63) is 36.4 Å². The van der Waals surface area contributed by atoms with Gasteiger partial charge in [-0.3, -0.25) is 4.79 Å². The van der Waals surface area contributed by atoms with Gasteiger partial charge in [0.2, 0.25) is 5.91 Å². The van der Waals surface area contributed by atoms with E-state index >= 15 is 0 Å². The summed E-state index contributed by atoms with van der Waals surface area (Å²) in [5.74, 6) is 0.532. The van der Waals surface area contributed by atoms with Gasteiger partial charge in [-0.05, 0) is 30.5 Å². The number of aliphatic hydroxyl groups excluding tert-OH is 1. The Morgan fingerprint density at radius 3 is 2.75 bits per heavy atom. The molecule has 4 heteroatoms. The third-order valence-electron chi connectivity index (χ3n) is 2.77. The Labute approximate surface area is 120 Å². The summed E-state index contributed by atoms with van der Waals surface area (Å²) in [6.07, 6.45) is -0.535. The van der Waals surface area contributed by atoms with Crippen molar-refractivity contribution in [1.29, 1.82) is 0 Å². The molecule has 0 spiro atoms. The minimum Gasteiger partial charge on any atom is -0.489 e. The lowest BCUT2D eigenvalue weighted by Gasteiger charge is -2.14. The highest BCUT2D eigenvalue weighted by atomic mass is 16.5. The maximum absolute atomic E-state index is 11.8. The highest BCUT2D eigenvalue weighted by Crippen LogP contribution is 2.18. The van der Waals surface area contributed by atoms with Gasteiger partial charge in [0.25, 0.3) is 0 Å². The van der Waals surface area contributed by atoms with Crippen LogP contribution in [-0.4, -0.2) is 23.7 Å². The van der Waals surface area contributed by atoms with Crippen molar-refractivity contribution < 1.29 is 14.6 Å². The monoisotopic (exact) mass is 277 g/mol. The lowest BCUT2D eigenvalue weighted by Crippen LogP contribution is -2.23. The lowest BCUT2D eigenvalue weighted by molar-refractivity contribution is -0.118. The minimum absolute atomic E-state index is 0.0611. The number of aliphatic hydroxyl groups is 1. The molecular weight excluding hydrogens is 254 g/mol. The quantitative estimate of drug-likeness (QED) is 0.753. The summed E-state index contributed by atoms with van der Waals surface area (Å²) >= 11 is 0. The molecule has 0 saturated heterocycles. The molecule has 1 aromatic carbocycles. The zero-order valence-electron chi connectivity index (χ0n) is 12.3. The second kappa shape index (κ2) is 7.70. The van der Waals surface area contributed by atoms with E-state index in [9.17, 15) is 9.90 Å². The van der Waals surface area contributed by atoms with Crippen LogP contribution >= 0.6 is 0 Å². The van der Waals surface area contributed by atoms with Gasteiger partial charge in [0, 0.05) is 11.8 Å². The molecule has 4 nitrogen and oxygen atoms in total. The first-order valence-electron chi connectivity index (χ1n) is 6.73. The summed E-state index contributed by atoms with van der Waals surface area (Å²) in [7, 11) is 0. The molecule has 0 heterocycles. The van der Waals surface area contributed by atoms with Gasteiger partial charge in [-0.1, -0.05) is 26.5 Å². The van der Waals surface area contributed by atoms with Crippen LogP contribution < -0.4 is 10.1 Å². The molecule has 1 unspecified atom stereocenters. The number of hydrogen-bond acceptors (Lipinski definition) is 3. The Hall–Kier alpha value is -1.81. The van der Waals surface area contributed by atoms with E-state index in [1.807, 2.05) is 32.9 Å². The predicted molar refractivity (Wildman–Crippen MR) is 80.8 cm³/mol. The number of carbonyl (C=O) groups is 1. The highest BCUT2D eigenvalue weighted by Gasteiger charge is 2.14. The van der Waals surface area contributed by atoms with E-state index in [2.05, 4.69) is 11.9 Å². The van der Waals surface area contributed by atoms with Crippen molar-refractivity contribution in [2.24, 2.45) is 5.92 Å². The van der Waals surface area contributed by atoms with E-state index in [1.165, 1.54) is 0 Å². The number of carbonyl (C=O) groups excluding carboxylic acids is 1. The van der Waals surface area contributed by atoms with E-state index in [-0.39, 0.29) is 18.2 Å². The molecule has 0 aliphatic heterocycles. The Kier molecular flexibility index (Phi) is 6.25. The van der Waals surface area contributed by atoms with Crippen LogP contribution in [0, 0.1) is 5.92 Å². The molecule has 1 amide bonds. The van der Waals surface area contributed by atoms with Crippen LogP contribution in [0.4, 0.5) is 5.69 Å². The van der Waals surface area contributed by atoms with Crippen molar-refractivity contribution in [3.63, 3.8) is 0 Å². The number of hydrogen-bond donors (Lipinski definition) is 2. The minimum atomic E-state index is -0.627. The molecule has 0 saturated carbocycles.